The van der Waals surface area contributed by atoms with E-state index in [0.717, 1.165) is 11.6 Å². The van der Waals surface area contributed by atoms with Crippen LogP contribution in [0.4, 0.5) is 8.78 Å². The van der Waals surface area contributed by atoms with Crippen molar-refractivity contribution in [2.24, 2.45) is 5.18 Å². The van der Waals surface area contributed by atoms with E-state index in [2.05, 4.69) is 5.18 Å². The Hall–Kier alpha value is -4.60. The number of hydrogen-bond acceptors (Lipinski definition) is 6. The minimum atomic E-state index is -1.06. The lowest BCUT2D eigenvalue weighted by molar-refractivity contribution is -0.141. The number of carboxylic acid groups (broad SMARTS) is 1. The zero-order valence-electron chi connectivity index (χ0n) is 20.0. The second-order valence-corrected chi connectivity index (χ2v) is 8.97. The molecule has 5 rings (SSSR count). The molecule has 38 heavy (non-hydrogen) atoms. The molecule has 1 fully saturated rings. The maximum absolute atomic E-state index is 14.3. The molecule has 2 heterocycles. The highest BCUT2D eigenvalue weighted by Gasteiger charge is 2.34. The number of likely N-dealkylation sites (tertiary alicyclic amines) is 1. The van der Waals surface area contributed by atoms with Crippen LogP contribution in [0.15, 0.2) is 70.3 Å². The van der Waals surface area contributed by atoms with E-state index in [0.29, 0.717) is 41.8 Å². The predicted octanol–water partition coefficient (Wildman–Crippen LogP) is 5.91. The van der Waals surface area contributed by atoms with E-state index in [1.165, 1.54) is 11.0 Å². The number of carbonyl (C=O) groups excluding carboxylic acids is 1. The fourth-order valence-electron chi connectivity index (χ4n) is 4.67. The van der Waals surface area contributed by atoms with Crippen LogP contribution in [0.2, 0.25) is 0 Å². The van der Waals surface area contributed by atoms with Crippen LogP contribution in [-0.4, -0.2) is 34.5 Å². The van der Waals surface area contributed by atoms with Crippen molar-refractivity contribution < 1.29 is 32.6 Å². The van der Waals surface area contributed by atoms with Gasteiger partial charge in [0.2, 0.25) is 0 Å². The summed E-state index contributed by atoms with van der Waals surface area (Å²) in [5, 5.41) is 12.0. The van der Waals surface area contributed by atoms with Crippen LogP contribution >= 0.6 is 0 Å². The highest BCUT2D eigenvalue weighted by Crippen LogP contribution is 2.35. The van der Waals surface area contributed by atoms with Gasteiger partial charge in [-0.3, -0.25) is 4.79 Å². The van der Waals surface area contributed by atoms with Crippen LogP contribution in [-0.2, 0) is 17.9 Å². The molecule has 194 valence electrons. The van der Waals surface area contributed by atoms with Crippen molar-refractivity contribution in [3.63, 3.8) is 0 Å². The van der Waals surface area contributed by atoms with Gasteiger partial charge in [0.1, 0.15) is 36.3 Å². The molecule has 0 radical (unpaired) electrons. The lowest BCUT2D eigenvalue weighted by atomic mass is 10.0. The van der Waals surface area contributed by atoms with Crippen LogP contribution < -0.4 is 4.74 Å². The Bertz CT molecular complexity index is 1530. The van der Waals surface area contributed by atoms with Crippen molar-refractivity contribution in [2.45, 2.75) is 32.0 Å². The Morgan fingerprint density at radius 3 is 2.63 bits per heavy atom. The Balaban J connectivity index is 1.31. The topological polar surface area (TPSA) is 109 Å². The number of furan rings is 1. The van der Waals surface area contributed by atoms with E-state index < -0.39 is 23.6 Å². The van der Waals surface area contributed by atoms with Gasteiger partial charge < -0.3 is 19.2 Å². The highest BCUT2D eigenvalue weighted by atomic mass is 19.2. The van der Waals surface area contributed by atoms with Crippen LogP contribution in [0, 0.1) is 16.5 Å². The molecule has 8 nitrogen and oxygen atoms in total. The monoisotopic (exact) mass is 520 g/mol. The van der Waals surface area contributed by atoms with E-state index in [4.69, 9.17) is 9.15 Å². The SMILES string of the molecule is O=NCc1cc2c(F)c(F)cc(-c3ccc(OCc4cccc(C(=O)N5CCC[C@H]5C(=O)O)c4)cc3)c2o1. The molecule has 1 aromatic heterocycles. The molecule has 1 aliphatic heterocycles. The number of nitrogens with zero attached hydrogens (tertiary/aromatic N) is 2. The van der Waals surface area contributed by atoms with Crippen LogP contribution in [0.1, 0.15) is 34.5 Å². The molecular weight excluding hydrogens is 498 g/mol. The molecule has 4 aromatic rings. The maximum atomic E-state index is 14.3. The largest absolute Gasteiger partial charge is 0.489 e. The number of carbonyl (C=O) groups is 2. The van der Waals surface area contributed by atoms with E-state index in [9.17, 15) is 28.4 Å². The van der Waals surface area contributed by atoms with Crippen molar-refractivity contribution in [2.75, 3.05) is 6.54 Å². The lowest BCUT2D eigenvalue weighted by Crippen LogP contribution is -2.40. The van der Waals surface area contributed by atoms with Crippen LogP contribution in [0.25, 0.3) is 22.1 Å². The number of amides is 1. The molecule has 0 saturated carbocycles. The standard InChI is InChI=1S/C28H22F2N2O6/c29-23-13-21(26-22(25(23)30)12-20(38-26)14-31-36)17-6-8-19(9-7-17)37-15-16-3-1-4-18(11-16)27(33)32-10-2-5-24(32)28(34)35/h1,3-4,6-9,11-13,24H,2,5,10,14-15H2,(H,34,35)/t24-/m0/s1. The number of carboxylic acids is 1. The van der Waals surface area contributed by atoms with Gasteiger partial charge in [-0.15, -0.1) is 0 Å². The van der Waals surface area contributed by atoms with Crippen LogP contribution in [0.3, 0.4) is 0 Å². The molecular formula is C28H22F2N2O6. The summed E-state index contributed by atoms with van der Waals surface area (Å²) in [6, 6.07) is 15.0. The number of halogens is 2. The fraction of sp³-hybridized carbons (Fsp3) is 0.214. The Morgan fingerprint density at radius 2 is 1.89 bits per heavy atom. The first kappa shape index (κ1) is 25.1. The molecule has 0 unspecified atom stereocenters. The molecule has 0 aliphatic carbocycles. The van der Waals surface area contributed by atoms with Crippen molar-refractivity contribution in [3.05, 3.63) is 94.1 Å². The first-order valence-electron chi connectivity index (χ1n) is 11.9. The van der Waals surface area contributed by atoms with Gasteiger partial charge in [-0.05, 0) is 60.4 Å². The number of fused-ring (bicyclic) bond motifs is 1. The third-order valence-electron chi connectivity index (χ3n) is 6.51. The van der Waals surface area contributed by atoms with Gasteiger partial charge in [-0.2, -0.15) is 4.91 Å². The van der Waals surface area contributed by atoms with Gasteiger partial charge in [0.05, 0.1) is 5.39 Å². The number of hydrogen-bond donors (Lipinski definition) is 1. The molecule has 1 N–H and O–H groups in total. The summed E-state index contributed by atoms with van der Waals surface area (Å²) < 4.78 is 39.9. The summed E-state index contributed by atoms with van der Waals surface area (Å²) >= 11 is 0. The van der Waals surface area contributed by atoms with Crippen molar-refractivity contribution >= 4 is 22.8 Å². The molecule has 1 atom stereocenters. The maximum Gasteiger partial charge on any atom is 0.326 e. The second kappa shape index (κ2) is 10.4. The average molecular weight is 520 g/mol. The van der Waals surface area contributed by atoms with E-state index in [1.807, 2.05) is 0 Å². The smallest absolute Gasteiger partial charge is 0.326 e. The quantitative estimate of drug-likeness (QED) is 0.289. The highest BCUT2D eigenvalue weighted by molar-refractivity contribution is 5.97. The fourth-order valence-corrected chi connectivity index (χ4v) is 4.67. The van der Waals surface area contributed by atoms with E-state index in [1.54, 1.807) is 48.5 Å². The predicted molar refractivity (Wildman–Crippen MR) is 134 cm³/mol. The summed E-state index contributed by atoms with van der Waals surface area (Å²) in [5.74, 6) is -2.81. The number of rotatable bonds is 8. The third-order valence-corrected chi connectivity index (χ3v) is 6.51. The molecule has 10 heteroatoms. The van der Waals surface area contributed by atoms with Crippen LogP contribution in [0.5, 0.6) is 5.75 Å². The Kier molecular flexibility index (Phi) is 6.87. The van der Waals surface area contributed by atoms with E-state index in [-0.39, 0.29) is 35.8 Å². The lowest BCUT2D eigenvalue weighted by Gasteiger charge is -2.21. The number of nitroso groups, excluding NO2 is 1. The van der Waals surface area contributed by atoms with Crippen molar-refractivity contribution in [3.8, 4) is 16.9 Å². The average Bonchev–Trinajstić information content (AvgIpc) is 3.58. The molecule has 0 bridgehead atoms. The normalized spacial score (nSPS) is 15.1. The molecule has 1 aliphatic rings. The van der Waals surface area contributed by atoms with Gasteiger partial charge in [-0.1, -0.05) is 29.4 Å². The first-order chi connectivity index (χ1) is 18.4. The zero-order valence-corrected chi connectivity index (χ0v) is 20.0. The van der Waals surface area contributed by atoms with Gasteiger partial charge in [0, 0.05) is 17.7 Å². The molecule has 1 saturated heterocycles. The van der Waals surface area contributed by atoms with Crippen molar-refractivity contribution in [1.82, 2.24) is 4.90 Å². The summed E-state index contributed by atoms with van der Waals surface area (Å²) in [7, 11) is 0. The molecule has 1 amide bonds. The van der Waals surface area contributed by atoms with Gasteiger partial charge in [-0.25, -0.2) is 13.6 Å². The molecule has 3 aromatic carbocycles. The zero-order chi connectivity index (χ0) is 26.8. The third kappa shape index (κ3) is 4.84. The Morgan fingerprint density at radius 1 is 1.11 bits per heavy atom. The first-order valence-corrected chi connectivity index (χ1v) is 11.9. The summed E-state index contributed by atoms with van der Waals surface area (Å²) in [4.78, 5) is 36.3. The minimum absolute atomic E-state index is 0.0722. The summed E-state index contributed by atoms with van der Waals surface area (Å²) in [6.45, 7) is 0.256. The van der Waals surface area contributed by atoms with Gasteiger partial charge >= 0.3 is 5.97 Å². The minimum Gasteiger partial charge on any atom is -0.489 e. The van der Waals surface area contributed by atoms with Gasteiger partial charge in [0.25, 0.3) is 5.91 Å². The Labute approximate surface area is 215 Å². The second-order valence-electron chi connectivity index (χ2n) is 8.97. The van der Waals surface area contributed by atoms with Gasteiger partial charge in [0.15, 0.2) is 11.6 Å². The number of ether oxygens (including phenoxy) is 1. The van der Waals surface area contributed by atoms with Crippen molar-refractivity contribution in [1.29, 1.82) is 0 Å². The molecule has 0 spiro atoms. The number of aliphatic carboxylic acids is 1. The number of benzene rings is 3. The summed E-state index contributed by atoms with van der Waals surface area (Å²) in [6.07, 6.45) is 1.08. The van der Waals surface area contributed by atoms with E-state index >= 15 is 0 Å². The summed E-state index contributed by atoms with van der Waals surface area (Å²) in [5.41, 5.74) is 2.09.